The summed E-state index contributed by atoms with van der Waals surface area (Å²) in [6.07, 6.45) is 0. The molecule has 6 aromatic carbocycles. The van der Waals surface area contributed by atoms with E-state index in [1.54, 1.807) is 0 Å². The topological polar surface area (TPSA) is 36.1 Å². The zero-order valence-corrected chi connectivity index (χ0v) is 29.7. The minimum Gasteiger partial charge on any atom is -0.456 e. The van der Waals surface area contributed by atoms with Crippen molar-refractivity contribution in [2.24, 2.45) is 7.05 Å². The molecule has 4 aromatic heterocycles. The minimum atomic E-state index is -0.159. The van der Waals surface area contributed by atoms with E-state index in [0.717, 1.165) is 33.1 Å². The van der Waals surface area contributed by atoms with Gasteiger partial charge in [-0.1, -0.05) is 114 Å². The molecule has 0 spiro atoms. The number of furan rings is 2. The number of hydrogen-bond acceptors (Lipinski definition) is 2. The zero-order chi connectivity index (χ0) is 34.3. The number of rotatable bonds is 2. The highest BCUT2D eigenvalue weighted by atomic mass is 16.3. The summed E-state index contributed by atoms with van der Waals surface area (Å²) < 4.78 is 18.4. The van der Waals surface area contributed by atoms with Gasteiger partial charge in [0.2, 0.25) is 0 Å². The van der Waals surface area contributed by atoms with Crippen LogP contribution >= 0.6 is 0 Å². The van der Waals surface area contributed by atoms with E-state index in [-0.39, 0.29) is 10.8 Å². The second-order valence-corrected chi connectivity index (χ2v) is 16.2. The number of hydrogen-bond donors (Lipinski definition) is 0. The van der Waals surface area contributed by atoms with E-state index in [1.807, 2.05) is 0 Å². The Morgan fingerprint density at radius 2 is 1.14 bits per heavy atom. The lowest BCUT2D eigenvalue weighted by atomic mass is 9.82. The summed E-state index contributed by atoms with van der Waals surface area (Å²) >= 11 is 0. The predicted molar refractivity (Wildman–Crippen MR) is 211 cm³/mol. The van der Waals surface area contributed by atoms with Gasteiger partial charge in [-0.15, -0.1) is 0 Å². The maximum Gasteiger partial charge on any atom is 0.142 e. The third kappa shape index (κ3) is 3.88. The third-order valence-corrected chi connectivity index (χ3v) is 11.0. The quantitative estimate of drug-likeness (QED) is 0.186. The van der Waals surface area contributed by atoms with Crippen LogP contribution in [0.25, 0.3) is 87.5 Å². The molecule has 0 aliphatic carbocycles. The van der Waals surface area contributed by atoms with Gasteiger partial charge in [0.05, 0.1) is 28.5 Å². The van der Waals surface area contributed by atoms with Gasteiger partial charge >= 0.3 is 0 Å². The van der Waals surface area contributed by atoms with Crippen LogP contribution < -0.4 is 0 Å². The van der Waals surface area contributed by atoms with Gasteiger partial charge < -0.3 is 18.0 Å². The third-order valence-electron chi connectivity index (χ3n) is 11.0. The summed E-state index contributed by atoms with van der Waals surface area (Å²) in [4.78, 5) is 0. The first-order chi connectivity index (χ1) is 24.0. The molecular formula is C46H40N2O2. The van der Waals surface area contributed by atoms with Gasteiger partial charge in [0, 0.05) is 55.8 Å². The average molecular weight is 653 g/mol. The van der Waals surface area contributed by atoms with Crippen molar-refractivity contribution in [2.75, 3.05) is 0 Å². The molecule has 0 unspecified atom stereocenters. The van der Waals surface area contributed by atoms with Crippen LogP contribution in [-0.4, -0.2) is 9.13 Å². The number of fused-ring (bicyclic) bond motifs is 13. The van der Waals surface area contributed by atoms with E-state index < -0.39 is 0 Å². The van der Waals surface area contributed by atoms with Crippen molar-refractivity contribution in [2.45, 2.75) is 58.9 Å². The van der Waals surface area contributed by atoms with E-state index in [1.165, 1.54) is 71.1 Å². The average Bonchev–Trinajstić information content (AvgIpc) is 3.82. The first-order valence-electron chi connectivity index (χ1n) is 17.7. The Kier molecular flexibility index (Phi) is 5.78. The summed E-state index contributed by atoms with van der Waals surface area (Å²) in [5.41, 5.74) is 12.4. The molecule has 0 saturated heterocycles. The summed E-state index contributed by atoms with van der Waals surface area (Å²) in [6.45, 7) is 14.6. The molecule has 0 radical (unpaired) electrons. The number of benzene rings is 6. The van der Waals surface area contributed by atoms with E-state index in [4.69, 9.17) is 8.83 Å². The molecule has 4 nitrogen and oxygen atoms in total. The molecule has 0 N–H and O–H groups in total. The van der Waals surface area contributed by atoms with Gasteiger partial charge in [-0.05, 0) is 52.3 Å². The molecule has 4 heteroatoms. The Morgan fingerprint density at radius 1 is 0.520 bits per heavy atom. The Morgan fingerprint density at radius 3 is 1.86 bits per heavy atom. The van der Waals surface area contributed by atoms with Gasteiger partial charge in [0.1, 0.15) is 22.3 Å². The molecular weight excluding hydrogens is 613 g/mol. The number of nitrogens with zero attached hydrogens (tertiary/aromatic N) is 2. The first kappa shape index (κ1) is 29.4. The fourth-order valence-corrected chi connectivity index (χ4v) is 8.94. The Labute approximate surface area is 290 Å². The van der Waals surface area contributed by atoms with E-state index in [9.17, 15) is 0 Å². The lowest BCUT2D eigenvalue weighted by Crippen LogP contribution is -2.14. The lowest BCUT2D eigenvalue weighted by Gasteiger charge is -2.23. The van der Waals surface area contributed by atoms with E-state index >= 15 is 0 Å². The smallest absolute Gasteiger partial charge is 0.142 e. The Balaban J connectivity index is 1.37. The molecule has 0 aliphatic heterocycles. The van der Waals surface area contributed by atoms with Gasteiger partial charge in [-0.3, -0.25) is 0 Å². The maximum atomic E-state index is 6.88. The summed E-state index contributed by atoms with van der Waals surface area (Å²) in [6, 6.07) is 37.3. The largest absolute Gasteiger partial charge is 0.456 e. The first-order valence-corrected chi connectivity index (χ1v) is 17.7. The molecule has 0 fully saturated rings. The van der Waals surface area contributed by atoms with Crippen molar-refractivity contribution in [1.82, 2.24) is 9.13 Å². The monoisotopic (exact) mass is 652 g/mol. The van der Waals surface area contributed by atoms with Crippen LogP contribution in [0.5, 0.6) is 0 Å². The molecule has 0 atom stereocenters. The van der Waals surface area contributed by atoms with Crippen LogP contribution in [0.15, 0.2) is 112 Å². The normalized spacial score (nSPS) is 13.2. The standard InChI is InChI=1S/C46H40N2O2/c1-45(2,3)33-19-14-18-28-31-23-26(44-39(42(31)47(7)41(28)33)30-17-10-13-22-36(30)50-44)25-48-34-20-11-8-15-27(34)32-24-37-38(40(43(32)48)46(4,5)6)29-16-9-12-21-35(29)49-37/h8-24H,25H2,1-7H3. The molecule has 4 heterocycles. The molecule has 0 aliphatic rings. The van der Waals surface area contributed by atoms with Gasteiger partial charge in [-0.25, -0.2) is 0 Å². The molecule has 0 bridgehead atoms. The number of aryl methyl sites for hydroxylation is 1. The maximum absolute atomic E-state index is 6.88. The van der Waals surface area contributed by atoms with Crippen molar-refractivity contribution in [3.8, 4) is 0 Å². The second kappa shape index (κ2) is 9.82. The van der Waals surface area contributed by atoms with Gasteiger partial charge in [0.25, 0.3) is 0 Å². The highest BCUT2D eigenvalue weighted by molar-refractivity contribution is 6.25. The van der Waals surface area contributed by atoms with Crippen LogP contribution in [0.1, 0.15) is 58.2 Å². The molecule has 246 valence electrons. The molecule has 0 amide bonds. The van der Waals surface area contributed by atoms with Crippen LogP contribution in [0.4, 0.5) is 0 Å². The van der Waals surface area contributed by atoms with Gasteiger partial charge in [0.15, 0.2) is 0 Å². The summed E-state index contributed by atoms with van der Waals surface area (Å²) in [5, 5.41) is 9.72. The van der Waals surface area contributed by atoms with Gasteiger partial charge in [-0.2, -0.15) is 0 Å². The lowest BCUT2D eigenvalue weighted by molar-refractivity contribution is 0.593. The Hall–Kier alpha value is -5.48. The number of aromatic nitrogens is 2. The second-order valence-electron chi connectivity index (χ2n) is 16.2. The highest BCUT2D eigenvalue weighted by Gasteiger charge is 2.29. The highest BCUT2D eigenvalue weighted by Crippen LogP contribution is 2.47. The molecule has 10 aromatic rings. The van der Waals surface area contributed by atoms with Crippen molar-refractivity contribution < 1.29 is 8.83 Å². The minimum absolute atomic E-state index is 0.00300. The van der Waals surface area contributed by atoms with E-state index in [0.29, 0.717) is 6.54 Å². The summed E-state index contributed by atoms with van der Waals surface area (Å²) in [7, 11) is 2.23. The van der Waals surface area contributed by atoms with Crippen molar-refractivity contribution in [1.29, 1.82) is 0 Å². The fourth-order valence-electron chi connectivity index (χ4n) is 8.94. The van der Waals surface area contributed by atoms with Crippen LogP contribution in [-0.2, 0) is 24.4 Å². The number of para-hydroxylation sites is 4. The SMILES string of the molecule is Cn1c2c(C(C)(C)C)cccc2c2cc(Cn3c4ccccc4c4cc5oc6ccccc6c5c(C(C)(C)C)c43)c3oc4ccccc4c3c21. The van der Waals surface area contributed by atoms with Crippen molar-refractivity contribution in [3.05, 3.63) is 120 Å². The van der Waals surface area contributed by atoms with E-state index in [2.05, 4.69) is 161 Å². The van der Waals surface area contributed by atoms with Crippen molar-refractivity contribution in [3.63, 3.8) is 0 Å². The van der Waals surface area contributed by atoms with Crippen molar-refractivity contribution >= 4 is 87.5 Å². The van der Waals surface area contributed by atoms with Crippen LogP contribution in [0, 0.1) is 0 Å². The Bertz CT molecular complexity index is 3040. The predicted octanol–water partition coefficient (Wildman–Crippen LogP) is 12.9. The molecule has 10 rings (SSSR count). The van der Waals surface area contributed by atoms with Crippen LogP contribution in [0.3, 0.4) is 0 Å². The molecule has 0 saturated carbocycles. The zero-order valence-electron chi connectivity index (χ0n) is 29.7. The van der Waals surface area contributed by atoms with Crippen LogP contribution in [0.2, 0.25) is 0 Å². The fraction of sp³-hybridized carbons (Fsp3) is 0.217. The summed E-state index contributed by atoms with van der Waals surface area (Å²) in [5.74, 6) is 0. The molecule has 50 heavy (non-hydrogen) atoms.